The number of hydrogen-bond donors (Lipinski definition) is 0. The summed E-state index contributed by atoms with van der Waals surface area (Å²) in [5.41, 5.74) is 5.58. The van der Waals surface area contributed by atoms with Gasteiger partial charge in [-0.25, -0.2) is 0 Å². The molecule has 0 bridgehead atoms. The molecule has 1 nitrogen and oxygen atoms in total. The van der Waals surface area contributed by atoms with Crippen molar-refractivity contribution in [1.82, 2.24) is 4.90 Å². The van der Waals surface area contributed by atoms with Crippen LogP contribution in [0.4, 0.5) is 0 Å². The molecule has 30 heavy (non-hydrogen) atoms. The van der Waals surface area contributed by atoms with E-state index in [0.717, 1.165) is 6.42 Å². The maximum Gasteiger partial charge on any atom is 0.0600 e. The van der Waals surface area contributed by atoms with Crippen LogP contribution in [-0.4, -0.2) is 19.0 Å². The number of benzene rings is 3. The first-order valence-electron chi connectivity index (χ1n) is 10.6. The van der Waals surface area contributed by atoms with Gasteiger partial charge in [-0.3, -0.25) is 4.90 Å². The van der Waals surface area contributed by atoms with Crippen molar-refractivity contribution < 1.29 is 0 Å². The van der Waals surface area contributed by atoms with Gasteiger partial charge in [0.15, 0.2) is 0 Å². The molecular weight excluding hydrogens is 381 g/mol. The van der Waals surface area contributed by atoms with Gasteiger partial charge < -0.3 is 0 Å². The molecule has 4 rings (SSSR count). The molecular formula is C28H30NP. The summed E-state index contributed by atoms with van der Waals surface area (Å²) in [5, 5.41) is 4.53. The quantitative estimate of drug-likeness (QED) is 0.433. The summed E-state index contributed by atoms with van der Waals surface area (Å²) in [6.45, 7) is 4.51. The molecule has 3 aromatic carbocycles. The second-order valence-corrected chi connectivity index (χ2v) is 10.4. The molecule has 0 heterocycles. The third-order valence-electron chi connectivity index (χ3n) is 5.85. The van der Waals surface area contributed by atoms with E-state index in [1.165, 1.54) is 32.9 Å². The summed E-state index contributed by atoms with van der Waals surface area (Å²) in [6.07, 6.45) is 5.76. The highest BCUT2D eigenvalue weighted by Crippen LogP contribution is 2.52. The van der Waals surface area contributed by atoms with E-state index in [1.807, 2.05) is 0 Å². The Morgan fingerprint density at radius 3 is 1.80 bits per heavy atom. The van der Waals surface area contributed by atoms with Crippen molar-refractivity contribution in [2.75, 3.05) is 14.1 Å². The van der Waals surface area contributed by atoms with Crippen LogP contribution in [-0.2, 0) is 0 Å². The Morgan fingerprint density at radius 1 is 0.733 bits per heavy atom. The number of nitrogens with zero attached hydrogens (tertiary/aromatic N) is 1. The van der Waals surface area contributed by atoms with Gasteiger partial charge in [-0.15, -0.1) is 0 Å². The monoisotopic (exact) mass is 411 g/mol. The van der Waals surface area contributed by atoms with E-state index in [2.05, 4.69) is 124 Å². The SMILES string of the molecule is Cc1ccccc1P(C1=C([C@H](c2ccccc2)N(C)C)C=CC1)c1ccccc1C. The van der Waals surface area contributed by atoms with Crippen LogP contribution in [0, 0.1) is 13.8 Å². The van der Waals surface area contributed by atoms with E-state index < -0.39 is 7.92 Å². The maximum atomic E-state index is 2.37. The Hall–Kier alpha value is -2.47. The molecule has 0 fully saturated rings. The molecule has 1 aliphatic rings. The summed E-state index contributed by atoms with van der Waals surface area (Å²) in [5.74, 6) is 0. The van der Waals surface area contributed by atoms with Crippen molar-refractivity contribution in [2.45, 2.75) is 26.3 Å². The molecule has 0 N–H and O–H groups in total. The minimum Gasteiger partial charge on any atom is -0.299 e. The van der Waals surface area contributed by atoms with Gasteiger partial charge in [-0.05, 0) is 80.5 Å². The van der Waals surface area contributed by atoms with Gasteiger partial charge in [0.1, 0.15) is 0 Å². The van der Waals surface area contributed by atoms with Crippen LogP contribution in [0.3, 0.4) is 0 Å². The first kappa shape index (κ1) is 20.8. The Kier molecular flexibility index (Phi) is 6.32. The normalized spacial score (nSPS) is 14.7. The average Bonchev–Trinajstić information content (AvgIpc) is 3.20. The number of hydrogen-bond acceptors (Lipinski definition) is 1. The Labute approximate surface area is 182 Å². The van der Waals surface area contributed by atoms with Gasteiger partial charge in [-0.2, -0.15) is 0 Å². The van der Waals surface area contributed by atoms with E-state index in [1.54, 1.807) is 5.31 Å². The lowest BCUT2D eigenvalue weighted by Crippen LogP contribution is -2.23. The number of aryl methyl sites for hydroxylation is 2. The molecule has 152 valence electrons. The van der Waals surface area contributed by atoms with Crippen molar-refractivity contribution in [3.8, 4) is 0 Å². The van der Waals surface area contributed by atoms with Crippen LogP contribution in [0.5, 0.6) is 0 Å². The molecule has 2 heteroatoms. The van der Waals surface area contributed by atoms with E-state index in [9.17, 15) is 0 Å². The van der Waals surface area contributed by atoms with E-state index >= 15 is 0 Å². The van der Waals surface area contributed by atoms with Crippen molar-refractivity contribution in [3.05, 3.63) is 119 Å². The van der Waals surface area contributed by atoms with Crippen molar-refractivity contribution in [2.24, 2.45) is 0 Å². The first-order valence-corrected chi connectivity index (χ1v) is 11.9. The molecule has 0 amide bonds. The predicted molar refractivity (Wildman–Crippen MR) is 132 cm³/mol. The van der Waals surface area contributed by atoms with Crippen LogP contribution in [0.2, 0.25) is 0 Å². The van der Waals surface area contributed by atoms with Crippen molar-refractivity contribution in [3.63, 3.8) is 0 Å². The van der Waals surface area contributed by atoms with Gasteiger partial charge in [0.05, 0.1) is 6.04 Å². The number of allylic oxidation sites excluding steroid dienone is 2. The largest absolute Gasteiger partial charge is 0.299 e. The lowest BCUT2D eigenvalue weighted by molar-refractivity contribution is 0.341. The van der Waals surface area contributed by atoms with Gasteiger partial charge in [0, 0.05) is 0 Å². The zero-order chi connectivity index (χ0) is 21.1. The molecule has 1 aliphatic carbocycles. The van der Waals surface area contributed by atoms with Crippen molar-refractivity contribution in [1.29, 1.82) is 0 Å². The Bertz CT molecular complexity index is 1030. The smallest absolute Gasteiger partial charge is 0.0600 e. The van der Waals surface area contributed by atoms with Crippen LogP contribution in [0.25, 0.3) is 0 Å². The van der Waals surface area contributed by atoms with Crippen LogP contribution in [0.15, 0.2) is 102 Å². The second kappa shape index (κ2) is 9.13. The lowest BCUT2D eigenvalue weighted by Gasteiger charge is -2.31. The number of likely N-dealkylation sites (N-methyl/N-ethyl adjacent to an activating group) is 1. The van der Waals surface area contributed by atoms with E-state index in [0.29, 0.717) is 0 Å². The summed E-state index contributed by atoms with van der Waals surface area (Å²) in [7, 11) is 3.80. The molecule has 0 aliphatic heterocycles. The molecule has 0 saturated carbocycles. The highest BCUT2D eigenvalue weighted by Gasteiger charge is 2.30. The minimum absolute atomic E-state index is 0.262. The standard InChI is InChI=1S/C28H30NP/c1-21-13-8-10-18-25(21)30(26-19-11-9-14-22(26)2)27-20-12-17-24(27)28(29(3)4)23-15-6-5-7-16-23/h5-19,28H,20H2,1-4H3/t28-/m0/s1. The second-order valence-electron chi connectivity index (χ2n) is 8.19. The summed E-state index contributed by atoms with van der Waals surface area (Å²) >= 11 is 0. The predicted octanol–water partition coefficient (Wildman–Crippen LogP) is 6.25. The molecule has 3 aromatic rings. The summed E-state index contributed by atoms with van der Waals surface area (Å²) < 4.78 is 0. The molecule has 0 aromatic heterocycles. The topological polar surface area (TPSA) is 3.24 Å². The minimum atomic E-state index is -0.590. The maximum absolute atomic E-state index is 2.37. The molecule has 0 unspecified atom stereocenters. The fraction of sp³-hybridized carbons (Fsp3) is 0.214. The van der Waals surface area contributed by atoms with E-state index in [4.69, 9.17) is 0 Å². The molecule has 0 radical (unpaired) electrons. The lowest BCUT2D eigenvalue weighted by atomic mass is 9.98. The third kappa shape index (κ3) is 4.06. The molecule has 0 spiro atoms. The Morgan fingerprint density at radius 2 is 1.27 bits per heavy atom. The summed E-state index contributed by atoms with van der Waals surface area (Å²) in [6, 6.07) is 29.0. The molecule has 1 atom stereocenters. The van der Waals surface area contributed by atoms with Crippen LogP contribution in [0.1, 0.15) is 29.2 Å². The Balaban J connectivity index is 1.94. The number of rotatable bonds is 6. The fourth-order valence-electron chi connectivity index (χ4n) is 4.42. The zero-order valence-electron chi connectivity index (χ0n) is 18.3. The van der Waals surface area contributed by atoms with Crippen LogP contribution < -0.4 is 10.6 Å². The van der Waals surface area contributed by atoms with Gasteiger partial charge in [-0.1, -0.05) is 91.0 Å². The first-order chi connectivity index (χ1) is 14.6. The van der Waals surface area contributed by atoms with Gasteiger partial charge in [0.25, 0.3) is 0 Å². The third-order valence-corrected chi connectivity index (χ3v) is 8.80. The van der Waals surface area contributed by atoms with E-state index in [-0.39, 0.29) is 6.04 Å². The highest BCUT2D eigenvalue weighted by atomic mass is 31.1. The molecule has 0 saturated heterocycles. The highest BCUT2D eigenvalue weighted by molar-refractivity contribution is 7.77. The zero-order valence-corrected chi connectivity index (χ0v) is 19.2. The van der Waals surface area contributed by atoms with Crippen LogP contribution >= 0.6 is 7.92 Å². The average molecular weight is 412 g/mol. The summed E-state index contributed by atoms with van der Waals surface area (Å²) in [4.78, 5) is 2.35. The van der Waals surface area contributed by atoms with Gasteiger partial charge in [0.2, 0.25) is 0 Å². The van der Waals surface area contributed by atoms with Gasteiger partial charge >= 0.3 is 0 Å². The fourth-order valence-corrected chi connectivity index (χ4v) is 7.33. The van der Waals surface area contributed by atoms with Crippen molar-refractivity contribution >= 4 is 18.5 Å².